The van der Waals surface area contributed by atoms with Crippen molar-refractivity contribution in [1.82, 2.24) is 0 Å². The third kappa shape index (κ3) is 1.94. The van der Waals surface area contributed by atoms with Gasteiger partial charge in [-0.1, -0.05) is 13.0 Å². The van der Waals surface area contributed by atoms with Crippen LogP contribution in [0.5, 0.6) is 0 Å². The molecule has 0 aromatic heterocycles. The summed E-state index contributed by atoms with van der Waals surface area (Å²) in [6.45, 7) is 3.72. The van der Waals surface area contributed by atoms with E-state index in [1.165, 1.54) is 6.07 Å². The lowest BCUT2D eigenvalue weighted by Gasteiger charge is -2.13. The molecule has 0 bridgehead atoms. The van der Waals surface area contributed by atoms with E-state index in [-0.39, 0.29) is 17.1 Å². The van der Waals surface area contributed by atoms with Crippen molar-refractivity contribution in [3.63, 3.8) is 0 Å². The van der Waals surface area contributed by atoms with Crippen LogP contribution in [-0.2, 0) is 4.79 Å². The zero-order chi connectivity index (χ0) is 11.8. The van der Waals surface area contributed by atoms with Crippen LogP contribution >= 0.6 is 0 Å². The van der Waals surface area contributed by atoms with Gasteiger partial charge >= 0.3 is 0 Å². The van der Waals surface area contributed by atoms with E-state index in [0.29, 0.717) is 11.3 Å². The van der Waals surface area contributed by atoms with Crippen LogP contribution < -0.4 is 5.32 Å². The van der Waals surface area contributed by atoms with Crippen LogP contribution in [-0.4, -0.2) is 5.91 Å². The second-order valence-corrected chi connectivity index (χ2v) is 4.55. The van der Waals surface area contributed by atoms with E-state index in [1.807, 2.05) is 6.92 Å². The molecule has 0 saturated heterocycles. The lowest BCUT2D eigenvalue weighted by Crippen LogP contribution is -2.23. The first kappa shape index (κ1) is 11.1. The lowest BCUT2D eigenvalue weighted by molar-refractivity contribution is -0.121. The number of carbonyl (C=O) groups excluding carboxylic acids is 1. The molecule has 0 spiro atoms. The van der Waals surface area contributed by atoms with E-state index in [1.54, 1.807) is 19.1 Å². The van der Waals surface area contributed by atoms with Crippen molar-refractivity contribution in [2.75, 3.05) is 5.32 Å². The maximum atomic E-state index is 13.3. The van der Waals surface area contributed by atoms with Crippen molar-refractivity contribution in [2.24, 2.45) is 5.41 Å². The molecule has 0 atom stereocenters. The van der Waals surface area contributed by atoms with E-state index >= 15 is 0 Å². The predicted octanol–water partition coefficient (Wildman–Crippen LogP) is 3.26. The fourth-order valence-corrected chi connectivity index (χ4v) is 1.83. The van der Waals surface area contributed by atoms with Crippen molar-refractivity contribution < 1.29 is 9.18 Å². The second-order valence-electron chi connectivity index (χ2n) is 4.55. The number of anilines is 1. The van der Waals surface area contributed by atoms with Gasteiger partial charge in [0.15, 0.2) is 0 Å². The molecule has 1 aliphatic carbocycles. The smallest absolute Gasteiger partial charge is 0.230 e. The Morgan fingerprint density at radius 1 is 1.50 bits per heavy atom. The highest BCUT2D eigenvalue weighted by atomic mass is 19.1. The molecule has 0 heterocycles. The second kappa shape index (κ2) is 3.89. The molecule has 1 saturated carbocycles. The van der Waals surface area contributed by atoms with Crippen LogP contribution in [0.2, 0.25) is 0 Å². The van der Waals surface area contributed by atoms with E-state index in [9.17, 15) is 9.18 Å². The van der Waals surface area contributed by atoms with Crippen LogP contribution in [0.15, 0.2) is 18.2 Å². The number of halogens is 1. The van der Waals surface area contributed by atoms with E-state index in [4.69, 9.17) is 0 Å². The number of aryl methyl sites for hydroxylation is 1. The van der Waals surface area contributed by atoms with Gasteiger partial charge in [0.2, 0.25) is 5.91 Å². The molecule has 0 unspecified atom stereocenters. The molecule has 0 aliphatic heterocycles. The molecule has 2 rings (SSSR count). The average Bonchev–Trinajstić information content (AvgIpc) is 3.04. The SMILES string of the molecule is CCC1(C(=O)Nc2ccc(C)c(F)c2)CC1. The summed E-state index contributed by atoms with van der Waals surface area (Å²) >= 11 is 0. The summed E-state index contributed by atoms with van der Waals surface area (Å²) in [5.74, 6) is -0.252. The number of hydrogen-bond donors (Lipinski definition) is 1. The fourth-order valence-electron chi connectivity index (χ4n) is 1.83. The molecule has 1 aromatic rings. The molecular formula is C13H16FNO. The maximum Gasteiger partial charge on any atom is 0.230 e. The van der Waals surface area contributed by atoms with Gasteiger partial charge in [0, 0.05) is 11.1 Å². The van der Waals surface area contributed by atoms with Gasteiger partial charge in [-0.25, -0.2) is 4.39 Å². The largest absolute Gasteiger partial charge is 0.326 e. The predicted molar refractivity (Wildman–Crippen MR) is 61.7 cm³/mol. The molecule has 1 aromatic carbocycles. The number of rotatable bonds is 3. The van der Waals surface area contributed by atoms with Crippen LogP contribution in [0.1, 0.15) is 31.7 Å². The van der Waals surface area contributed by atoms with Crippen molar-refractivity contribution in [1.29, 1.82) is 0 Å². The summed E-state index contributed by atoms with van der Waals surface area (Å²) in [5.41, 5.74) is 0.962. The van der Waals surface area contributed by atoms with Gasteiger partial charge in [0.1, 0.15) is 5.82 Å². The quantitative estimate of drug-likeness (QED) is 0.834. The van der Waals surface area contributed by atoms with Gasteiger partial charge in [0.25, 0.3) is 0 Å². The number of carbonyl (C=O) groups is 1. The molecule has 1 N–H and O–H groups in total. The summed E-state index contributed by atoms with van der Waals surface area (Å²) in [7, 11) is 0. The van der Waals surface area contributed by atoms with Crippen LogP contribution in [0.25, 0.3) is 0 Å². The molecule has 1 fully saturated rings. The summed E-state index contributed by atoms with van der Waals surface area (Å²) < 4.78 is 13.3. The van der Waals surface area contributed by atoms with Crippen LogP contribution in [0.3, 0.4) is 0 Å². The van der Waals surface area contributed by atoms with Gasteiger partial charge < -0.3 is 5.32 Å². The Labute approximate surface area is 94.9 Å². The Morgan fingerprint density at radius 2 is 2.19 bits per heavy atom. The molecule has 0 radical (unpaired) electrons. The van der Waals surface area contributed by atoms with E-state index < -0.39 is 0 Å². The number of nitrogens with one attached hydrogen (secondary N) is 1. The first-order chi connectivity index (χ1) is 7.57. The standard InChI is InChI=1S/C13H16FNO/c1-3-13(6-7-13)12(16)15-10-5-4-9(2)11(14)8-10/h4-5,8H,3,6-7H2,1-2H3,(H,15,16). The van der Waals surface area contributed by atoms with E-state index in [2.05, 4.69) is 5.32 Å². The monoisotopic (exact) mass is 221 g/mol. The van der Waals surface area contributed by atoms with Crippen molar-refractivity contribution in [2.45, 2.75) is 33.1 Å². The first-order valence-corrected chi connectivity index (χ1v) is 5.65. The minimum atomic E-state index is -0.279. The van der Waals surface area contributed by atoms with E-state index in [0.717, 1.165) is 19.3 Å². The summed E-state index contributed by atoms with van der Waals surface area (Å²) in [6, 6.07) is 4.79. The fraction of sp³-hybridized carbons (Fsp3) is 0.462. The zero-order valence-corrected chi connectivity index (χ0v) is 9.64. The Hall–Kier alpha value is -1.38. The number of hydrogen-bond acceptors (Lipinski definition) is 1. The molecule has 86 valence electrons. The van der Waals surface area contributed by atoms with Crippen LogP contribution in [0.4, 0.5) is 10.1 Å². The van der Waals surface area contributed by atoms with Crippen molar-refractivity contribution >= 4 is 11.6 Å². The molecule has 1 amide bonds. The molecule has 1 aliphatic rings. The lowest BCUT2D eigenvalue weighted by atomic mass is 10.0. The molecule has 16 heavy (non-hydrogen) atoms. The first-order valence-electron chi connectivity index (χ1n) is 5.65. The van der Waals surface area contributed by atoms with Gasteiger partial charge in [-0.3, -0.25) is 4.79 Å². The molecular weight excluding hydrogens is 205 g/mol. The van der Waals surface area contributed by atoms with Gasteiger partial charge in [0.05, 0.1) is 0 Å². The van der Waals surface area contributed by atoms with Crippen molar-refractivity contribution in [3.05, 3.63) is 29.6 Å². The topological polar surface area (TPSA) is 29.1 Å². The maximum absolute atomic E-state index is 13.3. The zero-order valence-electron chi connectivity index (χ0n) is 9.64. The molecule has 2 nitrogen and oxygen atoms in total. The minimum Gasteiger partial charge on any atom is -0.326 e. The summed E-state index contributed by atoms with van der Waals surface area (Å²) in [6.07, 6.45) is 2.75. The highest BCUT2D eigenvalue weighted by Gasteiger charge is 2.47. The Bertz CT molecular complexity index is 424. The van der Waals surface area contributed by atoms with Gasteiger partial charge in [-0.05, 0) is 43.9 Å². The summed E-state index contributed by atoms with van der Waals surface area (Å²) in [4.78, 5) is 11.9. The minimum absolute atomic E-state index is 0.0262. The Kier molecular flexibility index (Phi) is 2.70. The third-order valence-corrected chi connectivity index (χ3v) is 3.44. The van der Waals surface area contributed by atoms with Gasteiger partial charge in [-0.15, -0.1) is 0 Å². The Balaban J connectivity index is 2.09. The normalized spacial score (nSPS) is 16.9. The van der Waals surface area contributed by atoms with Crippen LogP contribution in [0, 0.1) is 18.2 Å². The Morgan fingerprint density at radius 3 is 2.69 bits per heavy atom. The van der Waals surface area contributed by atoms with Crippen molar-refractivity contribution in [3.8, 4) is 0 Å². The molecule has 3 heteroatoms. The highest BCUT2D eigenvalue weighted by Crippen LogP contribution is 2.49. The average molecular weight is 221 g/mol. The van der Waals surface area contributed by atoms with Gasteiger partial charge in [-0.2, -0.15) is 0 Å². The number of amides is 1. The highest BCUT2D eigenvalue weighted by molar-refractivity contribution is 5.97. The third-order valence-electron chi connectivity index (χ3n) is 3.44. The number of benzene rings is 1. The summed E-state index contributed by atoms with van der Waals surface area (Å²) in [5, 5.41) is 2.78.